The fourth-order valence-corrected chi connectivity index (χ4v) is 6.81. The van der Waals surface area contributed by atoms with E-state index in [1.165, 1.54) is 0 Å². The molecule has 12 nitrogen and oxygen atoms in total. The van der Waals surface area contributed by atoms with E-state index in [0.29, 0.717) is 35.4 Å². The zero-order valence-corrected chi connectivity index (χ0v) is 27.9. The molecule has 0 spiro atoms. The number of hydrogen-bond acceptors (Lipinski definition) is 9. The van der Waals surface area contributed by atoms with Gasteiger partial charge < -0.3 is 34.3 Å². The molecule has 12 heteroatoms. The summed E-state index contributed by atoms with van der Waals surface area (Å²) < 4.78 is 17.4. The molecule has 7 rings (SSSR count). The van der Waals surface area contributed by atoms with Gasteiger partial charge >= 0.3 is 6.08 Å². The number of amides is 3. The van der Waals surface area contributed by atoms with E-state index in [-0.39, 0.29) is 30.9 Å². The van der Waals surface area contributed by atoms with Crippen LogP contribution < -0.4 is 30.4 Å². The Morgan fingerprint density at radius 1 is 1.00 bits per heavy atom. The lowest BCUT2D eigenvalue weighted by Crippen LogP contribution is -2.57. The van der Waals surface area contributed by atoms with Crippen molar-refractivity contribution in [3.05, 3.63) is 91.0 Å². The molecule has 3 heterocycles. The summed E-state index contributed by atoms with van der Waals surface area (Å²) in [6, 6.07) is 22.1. The molecule has 0 unspecified atom stereocenters. The molecule has 1 saturated heterocycles. The van der Waals surface area contributed by atoms with Crippen LogP contribution in [0.4, 0.5) is 5.69 Å². The predicted octanol–water partition coefficient (Wildman–Crippen LogP) is 5.17. The second kappa shape index (κ2) is 14.5. The van der Waals surface area contributed by atoms with Crippen LogP contribution in [0.5, 0.6) is 17.6 Å². The lowest BCUT2D eigenvalue weighted by atomic mass is 10.0. The zero-order valence-electron chi connectivity index (χ0n) is 27.9. The fraction of sp³-hybridized carbons (Fsp3) is 0.368. The zero-order chi connectivity index (χ0) is 34.5. The van der Waals surface area contributed by atoms with Gasteiger partial charge in [0, 0.05) is 24.1 Å². The van der Waals surface area contributed by atoms with Gasteiger partial charge in [-0.1, -0.05) is 61.4 Å². The van der Waals surface area contributed by atoms with Crippen molar-refractivity contribution in [3.63, 3.8) is 0 Å². The first-order valence-electron chi connectivity index (χ1n) is 17.2. The van der Waals surface area contributed by atoms with E-state index in [4.69, 9.17) is 18.7 Å². The number of benzene rings is 3. The molecule has 0 bridgehead atoms. The molecule has 1 saturated carbocycles. The summed E-state index contributed by atoms with van der Waals surface area (Å²) in [4.78, 5) is 54.1. The number of carbonyl (C=O) groups is 3. The van der Waals surface area contributed by atoms with Gasteiger partial charge in [-0.2, -0.15) is 10.5 Å². The summed E-state index contributed by atoms with van der Waals surface area (Å²) in [5.41, 5.74) is 3.27. The third-order valence-electron chi connectivity index (χ3n) is 9.60. The number of anilines is 1. The monoisotopic (exact) mass is 679 g/mol. The van der Waals surface area contributed by atoms with Crippen LogP contribution in [0.1, 0.15) is 44.9 Å². The summed E-state index contributed by atoms with van der Waals surface area (Å²) in [5.74, 6) is -0.229. The summed E-state index contributed by atoms with van der Waals surface area (Å²) in [6.07, 6.45) is 8.20. The Morgan fingerprint density at radius 3 is 2.66 bits per heavy atom. The normalized spacial score (nSPS) is 25.3. The van der Waals surface area contributed by atoms with E-state index >= 15 is 0 Å². The van der Waals surface area contributed by atoms with Crippen molar-refractivity contribution in [3.8, 4) is 17.6 Å². The largest absolute Gasteiger partial charge is 0.497 e. The first-order valence-corrected chi connectivity index (χ1v) is 17.2. The number of para-hydroxylation sites is 3. The van der Waals surface area contributed by atoms with E-state index in [1.807, 2.05) is 54.6 Å². The number of nitrogens with one attached hydrogen (secondary N) is 3. The third-order valence-corrected chi connectivity index (χ3v) is 9.60. The Bertz CT molecular complexity index is 1830. The molecule has 5 atom stereocenters. The van der Waals surface area contributed by atoms with Crippen molar-refractivity contribution in [2.24, 2.45) is 5.92 Å². The number of methoxy groups -OCH3 is 1. The van der Waals surface area contributed by atoms with Crippen LogP contribution in [-0.2, 0) is 14.4 Å². The third kappa shape index (κ3) is 7.24. The number of oxazole rings is 1. The van der Waals surface area contributed by atoms with Crippen molar-refractivity contribution >= 4 is 34.5 Å². The fourth-order valence-electron chi connectivity index (χ4n) is 6.81. The minimum absolute atomic E-state index is 0.0687. The number of fused-ring (bicyclic) bond motifs is 3. The highest BCUT2D eigenvalue weighted by Crippen LogP contribution is 2.45. The van der Waals surface area contributed by atoms with E-state index in [1.54, 1.807) is 42.3 Å². The van der Waals surface area contributed by atoms with E-state index < -0.39 is 35.5 Å². The summed E-state index contributed by atoms with van der Waals surface area (Å²) in [5, 5.41) is 6.46. The van der Waals surface area contributed by atoms with Gasteiger partial charge in [-0.15, -0.1) is 0 Å². The molecule has 50 heavy (non-hydrogen) atoms. The second-order valence-corrected chi connectivity index (χ2v) is 13.0. The van der Waals surface area contributed by atoms with Crippen LogP contribution in [0.15, 0.2) is 95.4 Å². The Kier molecular flexibility index (Phi) is 9.59. The topological polar surface area (TPSA) is 144 Å². The minimum Gasteiger partial charge on any atom is -0.497 e. The Morgan fingerprint density at radius 2 is 1.82 bits per heavy atom. The first kappa shape index (κ1) is 33.0. The van der Waals surface area contributed by atoms with Gasteiger partial charge in [-0.25, -0.2) is 0 Å². The molecular formula is C38H41N5O7. The van der Waals surface area contributed by atoms with Gasteiger partial charge in [0.1, 0.15) is 35.0 Å². The van der Waals surface area contributed by atoms with E-state index in [9.17, 15) is 14.4 Å². The average molecular weight is 680 g/mol. The number of carbonyl (C=O) groups excluding carboxylic acids is 3. The maximum absolute atomic E-state index is 14.5. The number of ether oxygens (including phenoxy) is 2. The molecule has 2 aliphatic heterocycles. The quantitative estimate of drug-likeness (QED) is 0.170. The summed E-state index contributed by atoms with van der Waals surface area (Å²) >= 11 is 0. The average Bonchev–Trinajstić information content (AvgIpc) is 3.43. The van der Waals surface area contributed by atoms with Gasteiger partial charge in [0.2, 0.25) is 11.8 Å². The molecule has 260 valence electrons. The van der Waals surface area contributed by atoms with Gasteiger partial charge in [-0.3, -0.25) is 14.4 Å². The lowest BCUT2D eigenvalue weighted by Gasteiger charge is -2.30. The predicted molar refractivity (Wildman–Crippen MR) is 185 cm³/mol. The molecule has 3 amide bonds. The smallest absolute Gasteiger partial charge is 0.394 e. The summed E-state index contributed by atoms with van der Waals surface area (Å²) in [6.45, 7) is 0.131. The number of aromatic nitrogens is 1. The van der Waals surface area contributed by atoms with Crippen LogP contribution in [-0.4, -0.2) is 65.0 Å². The SMILES string of the molecule is COc1cccc(N[C@H]2CCCCCC=C[C@@H]3C[C@@]3(C(=O)NOc3ccccc3)NC(=O)[C@@H]3C[C@@H](Oc4nc5ccccc5o4)CN3C2=O)c1. The Hall–Kier alpha value is -5.52. The second-order valence-electron chi connectivity index (χ2n) is 13.0. The van der Waals surface area contributed by atoms with E-state index in [2.05, 4.69) is 27.2 Å². The van der Waals surface area contributed by atoms with Gasteiger partial charge in [0.15, 0.2) is 11.3 Å². The molecular weight excluding hydrogens is 638 g/mol. The first-order chi connectivity index (χ1) is 24.4. The molecule has 4 aromatic rings. The molecule has 3 aromatic carbocycles. The number of hydrogen-bond donors (Lipinski definition) is 3. The van der Waals surface area contributed by atoms with Gasteiger partial charge in [-0.05, 0) is 62.1 Å². The lowest BCUT2D eigenvalue weighted by molar-refractivity contribution is -0.141. The van der Waals surface area contributed by atoms with Crippen LogP contribution in [0, 0.1) is 5.92 Å². The highest BCUT2D eigenvalue weighted by Gasteiger charge is 2.61. The molecule has 3 aliphatic rings. The van der Waals surface area contributed by atoms with Crippen LogP contribution in [0.2, 0.25) is 0 Å². The maximum Gasteiger partial charge on any atom is 0.394 e. The highest BCUT2D eigenvalue weighted by molar-refractivity contribution is 5.98. The van der Waals surface area contributed by atoms with Crippen molar-refractivity contribution in [1.29, 1.82) is 0 Å². The standard InChI is InChI=1S/C38H41N5O7/c1-47-28-17-12-14-26(21-28)39-31-19-9-4-2-3-6-13-25-23-38(25,36(46)42-50-27-15-7-5-8-16-27)41-34(44)32-22-29(24-43(32)35(31)45)48-37-40-30-18-10-11-20-33(30)49-37/h5-8,10-18,20-21,25,29,31-32,39H,2-4,9,19,22-24H2,1H3,(H,41,44)(H,42,46)/t25-,29-,31+,32+,38-/m1/s1. The van der Waals surface area contributed by atoms with E-state index in [0.717, 1.165) is 31.4 Å². The van der Waals surface area contributed by atoms with Gasteiger partial charge in [0.25, 0.3) is 5.91 Å². The number of allylic oxidation sites excluding steroid dienone is 1. The van der Waals surface area contributed by atoms with Crippen LogP contribution in [0.25, 0.3) is 11.1 Å². The Balaban J connectivity index is 1.16. The van der Waals surface area contributed by atoms with Crippen molar-refractivity contribution < 1.29 is 33.1 Å². The number of nitrogens with zero attached hydrogens (tertiary/aromatic N) is 2. The van der Waals surface area contributed by atoms with Crippen molar-refractivity contribution in [2.75, 3.05) is 19.0 Å². The minimum atomic E-state index is -1.23. The van der Waals surface area contributed by atoms with Crippen molar-refractivity contribution in [1.82, 2.24) is 20.7 Å². The number of rotatable bonds is 8. The Labute approximate surface area is 290 Å². The van der Waals surface area contributed by atoms with Crippen molar-refractivity contribution in [2.45, 2.75) is 68.7 Å². The maximum atomic E-state index is 14.5. The van der Waals surface area contributed by atoms with Gasteiger partial charge in [0.05, 0.1) is 13.7 Å². The highest BCUT2D eigenvalue weighted by atomic mass is 16.7. The molecule has 3 N–H and O–H groups in total. The molecule has 1 aromatic heterocycles. The van der Waals surface area contributed by atoms with Crippen LogP contribution >= 0.6 is 0 Å². The molecule has 2 fully saturated rings. The summed E-state index contributed by atoms with van der Waals surface area (Å²) in [7, 11) is 1.60. The number of hydroxylamine groups is 1. The van der Waals surface area contributed by atoms with Crippen LogP contribution in [0.3, 0.4) is 0 Å². The molecule has 0 radical (unpaired) electrons. The molecule has 1 aliphatic carbocycles.